The van der Waals surface area contributed by atoms with Gasteiger partial charge in [0.2, 0.25) is 0 Å². The summed E-state index contributed by atoms with van der Waals surface area (Å²) in [6.07, 6.45) is 8.01. The van der Waals surface area contributed by atoms with Gasteiger partial charge in [0.05, 0.1) is 11.6 Å². The second kappa shape index (κ2) is 5.34. The summed E-state index contributed by atoms with van der Waals surface area (Å²) >= 11 is 0. The summed E-state index contributed by atoms with van der Waals surface area (Å²) in [5.74, 6) is 0. The molecule has 0 amide bonds. The standard InChI is InChI=1S/C11H16N2/c1-4-6-7-11(3,13)8-10(5-2)9-12/h5-8H,2,4,13H2,1,3H3/b7-6-,10-8+. The van der Waals surface area contributed by atoms with Crippen molar-refractivity contribution in [3.05, 3.63) is 36.5 Å². The minimum atomic E-state index is -0.560. The van der Waals surface area contributed by atoms with Crippen LogP contribution < -0.4 is 5.73 Å². The minimum Gasteiger partial charge on any atom is -0.319 e. The van der Waals surface area contributed by atoms with Gasteiger partial charge in [-0.05, 0) is 19.4 Å². The van der Waals surface area contributed by atoms with Crippen molar-refractivity contribution >= 4 is 0 Å². The molecule has 70 valence electrons. The van der Waals surface area contributed by atoms with Crippen molar-refractivity contribution in [2.75, 3.05) is 0 Å². The maximum Gasteiger partial charge on any atom is 0.0988 e. The number of allylic oxidation sites excluding steroid dienone is 3. The Morgan fingerprint density at radius 1 is 1.69 bits per heavy atom. The zero-order chi connectivity index (χ0) is 10.3. The molecular formula is C11H16N2. The molecule has 0 bridgehead atoms. The van der Waals surface area contributed by atoms with Crippen LogP contribution in [0.3, 0.4) is 0 Å². The molecule has 0 fully saturated rings. The van der Waals surface area contributed by atoms with Crippen molar-refractivity contribution in [3.8, 4) is 6.07 Å². The van der Waals surface area contributed by atoms with E-state index in [0.717, 1.165) is 6.42 Å². The van der Waals surface area contributed by atoms with Gasteiger partial charge in [-0.2, -0.15) is 5.26 Å². The van der Waals surface area contributed by atoms with E-state index in [9.17, 15) is 0 Å². The summed E-state index contributed by atoms with van der Waals surface area (Å²) in [6, 6.07) is 2.01. The molecule has 1 atom stereocenters. The zero-order valence-electron chi connectivity index (χ0n) is 8.25. The largest absolute Gasteiger partial charge is 0.319 e. The fourth-order valence-electron chi connectivity index (χ4n) is 0.892. The van der Waals surface area contributed by atoms with Gasteiger partial charge in [0.1, 0.15) is 0 Å². The van der Waals surface area contributed by atoms with E-state index in [4.69, 9.17) is 11.0 Å². The van der Waals surface area contributed by atoms with Gasteiger partial charge in [0.15, 0.2) is 0 Å². The molecule has 1 unspecified atom stereocenters. The van der Waals surface area contributed by atoms with Crippen molar-refractivity contribution in [1.82, 2.24) is 0 Å². The first-order valence-electron chi connectivity index (χ1n) is 4.27. The van der Waals surface area contributed by atoms with Gasteiger partial charge in [-0.1, -0.05) is 31.7 Å². The summed E-state index contributed by atoms with van der Waals surface area (Å²) in [5, 5.41) is 8.65. The molecule has 0 saturated carbocycles. The van der Waals surface area contributed by atoms with Crippen LogP contribution in [0.25, 0.3) is 0 Å². The first kappa shape index (κ1) is 11.7. The molecule has 0 heterocycles. The zero-order valence-corrected chi connectivity index (χ0v) is 8.25. The lowest BCUT2D eigenvalue weighted by molar-refractivity contribution is 0.729. The van der Waals surface area contributed by atoms with Gasteiger partial charge in [-0.15, -0.1) is 0 Å². The Kier molecular flexibility index (Phi) is 4.79. The van der Waals surface area contributed by atoms with E-state index in [2.05, 4.69) is 6.58 Å². The molecule has 0 aromatic rings. The summed E-state index contributed by atoms with van der Waals surface area (Å²) in [6.45, 7) is 7.41. The van der Waals surface area contributed by atoms with E-state index in [1.165, 1.54) is 6.08 Å². The SMILES string of the molecule is C=C/C(C#N)=C\C(C)(N)/C=C\CC. The van der Waals surface area contributed by atoms with Crippen molar-refractivity contribution < 1.29 is 0 Å². The third-order valence-electron chi connectivity index (χ3n) is 1.53. The predicted octanol–water partition coefficient (Wildman–Crippen LogP) is 2.31. The van der Waals surface area contributed by atoms with E-state index >= 15 is 0 Å². The molecule has 0 rings (SSSR count). The second-order valence-corrected chi connectivity index (χ2v) is 3.09. The first-order chi connectivity index (χ1) is 6.05. The monoisotopic (exact) mass is 176 g/mol. The van der Waals surface area contributed by atoms with Crippen LogP contribution in [0, 0.1) is 11.3 Å². The smallest absolute Gasteiger partial charge is 0.0988 e. The highest BCUT2D eigenvalue weighted by Crippen LogP contribution is 2.08. The molecule has 0 radical (unpaired) electrons. The highest BCUT2D eigenvalue weighted by atomic mass is 14.7. The van der Waals surface area contributed by atoms with Crippen molar-refractivity contribution in [2.24, 2.45) is 5.73 Å². The number of hydrogen-bond acceptors (Lipinski definition) is 2. The van der Waals surface area contributed by atoms with E-state index in [1.807, 2.05) is 32.1 Å². The molecular weight excluding hydrogens is 160 g/mol. The maximum absolute atomic E-state index is 8.65. The number of rotatable bonds is 4. The van der Waals surface area contributed by atoms with Gasteiger partial charge >= 0.3 is 0 Å². The average Bonchev–Trinajstić information content (AvgIpc) is 2.11. The average molecular weight is 176 g/mol. The molecule has 0 spiro atoms. The molecule has 0 aliphatic heterocycles. The Hall–Kier alpha value is -1.33. The number of nitriles is 1. The number of nitrogens with zero attached hydrogens (tertiary/aromatic N) is 1. The quantitative estimate of drug-likeness (QED) is 0.406. The van der Waals surface area contributed by atoms with Gasteiger partial charge < -0.3 is 5.73 Å². The van der Waals surface area contributed by atoms with Crippen LogP contribution in [-0.2, 0) is 0 Å². The second-order valence-electron chi connectivity index (χ2n) is 3.09. The van der Waals surface area contributed by atoms with E-state index in [-0.39, 0.29) is 0 Å². The van der Waals surface area contributed by atoms with Crippen LogP contribution in [-0.4, -0.2) is 5.54 Å². The lowest BCUT2D eigenvalue weighted by Gasteiger charge is -2.14. The molecule has 13 heavy (non-hydrogen) atoms. The van der Waals surface area contributed by atoms with Crippen molar-refractivity contribution in [3.63, 3.8) is 0 Å². The molecule has 2 nitrogen and oxygen atoms in total. The third-order valence-corrected chi connectivity index (χ3v) is 1.53. The van der Waals surface area contributed by atoms with Crippen LogP contribution >= 0.6 is 0 Å². The Morgan fingerprint density at radius 2 is 2.31 bits per heavy atom. The van der Waals surface area contributed by atoms with E-state index < -0.39 is 5.54 Å². The summed E-state index contributed by atoms with van der Waals surface area (Å²) in [7, 11) is 0. The molecule has 0 saturated heterocycles. The predicted molar refractivity (Wildman–Crippen MR) is 55.9 cm³/mol. The normalized spacial score (nSPS) is 16.6. The van der Waals surface area contributed by atoms with Crippen molar-refractivity contribution in [2.45, 2.75) is 25.8 Å². The lowest BCUT2D eigenvalue weighted by Crippen LogP contribution is -2.31. The molecule has 0 aromatic carbocycles. The third kappa shape index (κ3) is 5.00. The Bertz CT molecular complexity index is 264. The highest BCUT2D eigenvalue weighted by Gasteiger charge is 2.10. The molecule has 2 heteroatoms. The summed E-state index contributed by atoms with van der Waals surface area (Å²) in [5.41, 5.74) is 5.84. The molecule has 0 aliphatic carbocycles. The van der Waals surface area contributed by atoms with Crippen LogP contribution in [0.4, 0.5) is 0 Å². The van der Waals surface area contributed by atoms with Crippen LogP contribution in [0.5, 0.6) is 0 Å². The lowest BCUT2D eigenvalue weighted by atomic mass is 9.99. The molecule has 2 N–H and O–H groups in total. The van der Waals surface area contributed by atoms with Crippen LogP contribution in [0.1, 0.15) is 20.3 Å². The first-order valence-corrected chi connectivity index (χ1v) is 4.27. The Balaban J connectivity index is 4.66. The summed E-state index contributed by atoms with van der Waals surface area (Å²) < 4.78 is 0. The van der Waals surface area contributed by atoms with Gasteiger partial charge in [-0.3, -0.25) is 0 Å². The topological polar surface area (TPSA) is 49.8 Å². The Morgan fingerprint density at radius 3 is 2.69 bits per heavy atom. The minimum absolute atomic E-state index is 0.505. The van der Waals surface area contributed by atoms with Crippen molar-refractivity contribution in [1.29, 1.82) is 5.26 Å². The van der Waals surface area contributed by atoms with Gasteiger partial charge in [0, 0.05) is 5.57 Å². The van der Waals surface area contributed by atoms with Gasteiger partial charge in [0.25, 0.3) is 0 Å². The number of nitrogens with two attached hydrogens (primary N) is 1. The van der Waals surface area contributed by atoms with Crippen LogP contribution in [0.2, 0.25) is 0 Å². The number of hydrogen-bond donors (Lipinski definition) is 1. The fraction of sp³-hybridized carbons (Fsp3) is 0.364. The van der Waals surface area contributed by atoms with Crippen LogP contribution in [0.15, 0.2) is 36.5 Å². The molecule has 0 aliphatic rings. The van der Waals surface area contributed by atoms with E-state index in [1.54, 1.807) is 6.08 Å². The highest BCUT2D eigenvalue weighted by molar-refractivity contribution is 5.36. The fourth-order valence-corrected chi connectivity index (χ4v) is 0.892. The van der Waals surface area contributed by atoms with E-state index in [0.29, 0.717) is 5.57 Å². The Labute approximate surface area is 80.1 Å². The molecule has 0 aromatic heterocycles. The maximum atomic E-state index is 8.65. The van der Waals surface area contributed by atoms with Gasteiger partial charge in [-0.25, -0.2) is 0 Å². The summed E-state index contributed by atoms with van der Waals surface area (Å²) in [4.78, 5) is 0.